The Bertz CT molecular complexity index is 1100. The maximum Gasteiger partial charge on any atom is 0.257 e. The number of sulfone groups is 1. The molecule has 2 saturated carbocycles. The molecule has 2 aliphatic carbocycles. The number of carbonyl (C=O) groups is 1. The average molecular weight is 479 g/mol. The van der Waals surface area contributed by atoms with E-state index in [1.807, 2.05) is 12.3 Å². The minimum absolute atomic E-state index is 0.00671. The van der Waals surface area contributed by atoms with E-state index in [0.717, 1.165) is 4.90 Å². The van der Waals surface area contributed by atoms with Gasteiger partial charge in [0.05, 0.1) is 10.1 Å². The highest BCUT2D eigenvalue weighted by Crippen LogP contribution is 2.36. The molecule has 0 bridgehead atoms. The summed E-state index contributed by atoms with van der Waals surface area (Å²) >= 11 is 1.52. The van der Waals surface area contributed by atoms with Crippen LogP contribution in [0.15, 0.2) is 58.5 Å². The van der Waals surface area contributed by atoms with E-state index in [0.29, 0.717) is 24.2 Å². The summed E-state index contributed by atoms with van der Waals surface area (Å²) in [5.41, 5.74) is 0.720. The average Bonchev–Trinajstić information content (AvgIpc) is 3.59. The van der Waals surface area contributed by atoms with Crippen molar-refractivity contribution < 1.29 is 22.0 Å². The number of thioether (sulfide) groups is 1. The predicted octanol–water partition coefficient (Wildman–Crippen LogP) is 4.85. The van der Waals surface area contributed by atoms with Crippen molar-refractivity contribution in [2.45, 2.75) is 53.1 Å². The highest BCUT2D eigenvalue weighted by molar-refractivity contribution is 7.98. The monoisotopic (exact) mass is 478 g/mol. The molecular formula is C23H24F2N2O3S2. The van der Waals surface area contributed by atoms with Gasteiger partial charge < -0.3 is 5.32 Å². The first-order valence-electron chi connectivity index (χ1n) is 10.4. The Morgan fingerprint density at radius 3 is 2.28 bits per heavy atom. The fourth-order valence-corrected chi connectivity index (χ4v) is 5.82. The fourth-order valence-electron chi connectivity index (χ4n) is 3.80. The zero-order valence-electron chi connectivity index (χ0n) is 17.5. The third kappa shape index (κ3) is 5.04. The number of hydrogen-bond donors (Lipinski definition) is 1. The number of nitrogens with one attached hydrogen (secondary N) is 1. The molecule has 0 saturated heterocycles. The predicted molar refractivity (Wildman–Crippen MR) is 122 cm³/mol. The molecule has 2 aromatic rings. The first-order chi connectivity index (χ1) is 15.3. The smallest absolute Gasteiger partial charge is 0.257 e. The van der Waals surface area contributed by atoms with Gasteiger partial charge in [0.2, 0.25) is 0 Å². The van der Waals surface area contributed by atoms with Crippen LogP contribution >= 0.6 is 11.8 Å². The highest BCUT2D eigenvalue weighted by atomic mass is 32.2. The number of benzene rings is 1. The van der Waals surface area contributed by atoms with Crippen molar-refractivity contribution in [3.8, 4) is 0 Å². The Balaban J connectivity index is 1.62. The zero-order chi connectivity index (χ0) is 22.9. The van der Waals surface area contributed by atoms with Gasteiger partial charge in [-0.05, 0) is 67.7 Å². The lowest BCUT2D eigenvalue weighted by Crippen LogP contribution is -2.16. The number of alkyl halides is 2. The van der Waals surface area contributed by atoms with E-state index in [1.165, 1.54) is 23.9 Å². The molecule has 1 amide bonds. The molecule has 0 spiro atoms. The van der Waals surface area contributed by atoms with Gasteiger partial charge in [-0.2, -0.15) is 0 Å². The van der Waals surface area contributed by atoms with E-state index in [9.17, 15) is 22.0 Å². The molecule has 0 radical (unpaired) electrons. The molecule has 4 rings (SSSR count). The van der Waals surface area contributed by atoms with Crippen molar-refractivity contribution >= 4 is 38.9 Å². The maximum atomic E-state index is 13.7. The van der Waals surface area contributed by atoms with Crippen LogP contribution in [-0.4, -0.2) is 43.2 Å². The zero-order valence-corrected chi connectivity index (χ0v) is 19.1. The van der Waals surface area contributed by atoms with E-state index >= 15 is 0 Å². The van der Waals surface area contributed by atoms with Gasteiger partial charge in [0.1, 0.15) is 18.2 Å². The van der Waals surface area contributed by atoms with Crippen LogP contribution in [0, 0.1) is 5.92 Å². The SMILES string of the molecule is CSc1ccc(NC(=O)C(=CC2C[C@@H](F)[C@@H](F)C2)c2ccc(S(=O)(=O)C3CC3)cc2)nc1. The van der Waals surface area contributed by atoms with Gasteiger partial charge >= 0.3 is 0 Å². The standard InChI is InChI=1S/C23H24F2N2O3S2/c1-31-16-4-9-22(26-13-16)27-23(28)19(10-14-11-20(24)21(25)12-14)15-2-5-17(6-3-15)32(29,30)18-7-8-18/h2-6,9-10,13-14,18,20-21H,7-8,11-12H2,1H3,(H,26,27,28)/t14?,20-,21+. The number of halogens is 2. The second-order valence-corrected chi connectivity index (χ2v) is 11.3. The molecule has 1 unspecified atom stereocenters. The van der Waals surface area contributed by atoms with Crippen LogP contribution in [0.3, 0.4) is 0 Å². The third-order valence-electron chi connectivity index (χ3n) is 5.77. The Hall–Kier alpha value is -2.26. The Kier molecular flexibility index (Phi) is 6.67. The largest absolute Gasteiger partial charge is 0.307 e. The second kappa shape index (κ2) is 9.31. The minimum atomic E-state index is -3.35. The van der Waals surface area contributed by atoms with Crippen molar-refractivity contribution in [1.82, 2.24) is 4.98 Å². The number of amides is 1. The summed E-state index contributed by atoms with van der Waals surface area (Å²) in [5.74, 6) is -0.544. The molecule has 1 heterocycles. The molecular weight excluding hydrogens is 454 g/mol. The number of pyridine rings is 1. The van der Waals surface area contributed by atoms with Crippen LogP contribution in [0.4, 0.5) is 14.6 Å². The molecule has 1 N–H and O–H groups in total. The molecule has 9 heteroatoms. The van der Waals surface area contributed by atoms with Gasteiger partial charge in [-0.1, -0.05) is 18.2 Å². The maximum absolute atomic E-state index is 13.7. The lowest BCUT2D eigenvalue weighted by atomic mass is 9.98. The number of carbonyl (C=O) groups excluding carboxylic acids is 1. The fraction of sp³-hybridized carbons (Fsp3) is 0.391. The van der Waals surface area contributed by atoms with Crippen LogP contribution in [0.25, 0.3) is 5.57 Å². The van der Waals surface area contributed by atoms with E-state index in [4.69, 9.17) is 0 Å². The molecule has 0 aliphatic heterocycles. The number of rotatable bonds is 7. The van der Waals surface area contributed by atoms with Crippen LogP contribution < -0.4 is 5.32 Å². The van der Waals surface area contributed by atoms with Gasteiger partial charge in [-0.15, -0.1) is 11.8 Å². The summed E-state index contributed by atoms with van der Waals surface area (Å²) in [7, 11) is -3.35. The molecule has 2 fully saturated rings. The van der Waals surface area contributed by atoms with Crippen LogP contribution in [0.5, 0.6) is 0 Å². The number of anilines is 1. The van der Waals surface area contributed by atoms with E-state index in [-0.39, 0.29) is 28.6 Å². The Labute approximate surface area is 190 Å². The molecule has 3 atom stereocenters. The highest BCUT2D eigenvalue weighted by Gasteiger charge is 2.37. The topological polar surface area (TPSA) is 76.1 Å². The number of nitrogens with zero attached hydrogens (tertiary/aromatic N) is 1. The quantitative estimate of drug-likeness (QED) is 0.455. The summed E-state index contributed by atoms with van der Waals surface area (Å²) in [5, 5.41) is 2.40. The van der Waals surface area contributed by atoms with Crippen molar-refractivity contribution in [1.29, 1.82) is 0 Å². The summed E-state index contributed by atoms with van der Waals surface area (Å²) < 4.78 is 52.4. The van der Waals surface area contributed by atoms with Gasteiger partial charge in [-0.25, -0.2) is 22.2 Å². The third-order valence-corrected chi connectivity index (χ3v) is 8.76. The molecule has 1 aromatic heterocycles. The first kappa shape index (κ1) is 22.9. The molecule has 170 valence electrons. The Morgan fingerprint density at radius 2 is 1.75 bits per heavy atom. The normalized spacial score (nSPS) is 23.8. The van der Waals surface area contributed by atoms with E-state index in [1.54, 1.807) is 30.5 Å². The van der Waals surface area contributed by atoms with Crippen molar-refractivity contribution in [2.24, 2.45) is 5.92 Å². The number of allylic oxidation sites excluding steroid dienone is 1. The van der Waals surface area contributed by atoms with Crippen LogP contribution in [0.2, 0.25) is 0 Å². The van der Waals surface area contributed by atoms with Crippen LogP contribution in [0.1, 0.15) is 31.2 Å². The molecule has 32 heavy (non-hydrogen) atoms. The second-order valence-electron chi connectivity index (χ2n) is 8.15. The number of aromatic nitrogens is 1. The lowest BCUT2D eigenvalue weighted by molar-refractivity contribution is -0.111. The summed E-state index contributed by atoms with van der Waals surface area (Å²) in [6, 6.07) is 9.61. The van der Waals surface area contributed by atoms with Crippen LogP contribution in [-0.2, 0) is 14.6 Å². The lowest BCUT2D eigenvalue weighted by Gasteiger charge is -2.13. The molecule has 2 aliphatic rings. The van der Waals surface area contributed by atoms with Gasteiger partial charge in [-0.3, -0.25) is 4.79 Å². The summed E-state index contributed by atoms with van der Waals surface area (Å²) in [6.07, 6.45) is 3.38. The summed E-state index contributed by atoms with van der Waals surface area (Å²) in [6.45, 7) is 0. The van der Waals surface area contributed by atoms with Crippen molar-refractivity contribution in [2.75, 3.05) is 11.6 Å². The molecule has 1 aromatic carbocycles. The minimum Gasteiger partial charge on any atom is -0.307 e. The van der Waals surface area contributed by atoms with Gasteiger partial charge in [0.25, 0.3) is 5.91 Å². The number of hydrogen-bond acceptors (Lipinski definition) is 5. The first-order valence-corrected chi connectivity index (χ1v) is 13.2. The van der Waals surface area contributed by atoms with E-state index < -0.39 is 34.0 Å². The summed E-state index contributed by atoms with van der Waals surface area (Å²) in [4.78, 5) is 18.5. The van der Waals surface area contributed by atoms with Crippen molar-refractivity contribution in [3.63, 3.8) is 0 Å². The van der Waals surface area contributed by atoms with Gasteiger partial charge in [0, 0.05) is 16.7 Å². The Morgan fingerprint density at radius 1 is 1.09 bits per heavy atom. The van der Waals surface area contributed by atoms with E-state index in [2.05, 4.69) is 10.3 Å². The van der Waals surface area contributed by atoms with Crippen molar-refractivity contribution in [3.05, 3.63) is 54.2 Å². The molecule has 5 nitrogen and oxygen atoms in total. The van der Waals surface area contributed by atoms with Gasteiger partial charge in [0.15, 0.2) is 9.84 Å².